The molecule has 0 fully saturated rings. The van der Waals surface area contributed by atoms with Crippen molar-refractivity contribution >= 4 is 96.7 Å². The summed E-state index contributed by atoms with van der Waals surface area (Å²) in [7, 11) is 0. The molecule has 0 aliphatic heterocycles. The van der Waals surface area contributed by atoms with Crippen LogP contribution in [0.3, 0.4) is 0 Å². The maximum absolute atomic E-state index is 10.8. The van der Waals surface area contributed by atoms with Crippen LogP contribution in [-0.2, 0) is 6.42 Å². The van der Waals surface area contributed by atoms with Crippen LogP contribution in [0.15, 0.2) is 5.17 Å². The maximum atomic E-state index is 10.8. The molecule has 0 aliphatic carbocycles. The number of nitrogens with one attached hydrogen (secondary N) is 1. The Morgan fingerprint density at radius 1 is 1.38 bits per heavy atom. The first-order chi connectivity index (χ1) is 7.34. The van der Waals surface area contributed by atoms with Crippen molar-refractivity contribution in [3.05, 3.63) is 31.2 Å². The minimum atomic E-state index is -0.524. The summed E-state index contributed by atoms with van der Waals surface area (Å²) in [5, 5.41) is 10.9. The molecule has 0 bridgehead atoms. The van der Waals surface area contributed by atoms with Crippen molar-refractivity contribution in [1.29, 1.82) is 0 Å². The van der Waals surface area contributed by atoms with E-state index in [9.17, 15) is 10.1 Å². The second-order valence-electron chi connectivity index (χ2n) is 2.68. The van der Waals surface area contributed by atoms with Crippen LogP contribution in [0.25, 0.3) is 0 Å². The van der Waals surface area contributed by atoms with E-state index in [2.05, 4.69) is 72.8 Å². The third kappa shape index (κ3) is 3.59. The van der Waals surface area contributed by atoms with E-state index in [1.165, 1.54) is 0 Å². The fraction of sp³-hybridized carbons (Fsp3) is 0.143. The molecule has 1 rings (SSSR count). The molecule has 1 aromatic heterocycles. The third-order valence-corrected chi connectivity index (χ3v) is 6.70. The lowest BCUT2D eigenvalue weighted by Crippen LogP contribution is -1.94. The molecule has 9 heteroatoms. The number of aromatic nitrogens is 1. The molecular weight excluding hydrogens is 596 g/mol. The molecule has 0 saturated heterocycles. The number of nitrogens with zero attached hydrogens (tertiary/aromatic N) is 1. The van der Waals surface area contributed by atoms with Crippen LogP contribution < -0.4 is 0 Å². The molecule has 1 N–H and O–H groups in total. The van der Waals surface area contributed by atoms with Crippen molar-refractivity contribution in [3.63, 3.8) is 0 Å². The topological polar surface area (TPSA) is 58.9 Å². The average molecular weight is 599 g/mol. The Bertz CT molecular complexity index is 468. The van der Waals surface area contributed by atoms with E-state index in [4.69, 9.17) is 23.2 Å². The van der Waals surface area contributed by atoms with Gasteiger partial charge in [-0.15, -0.1) is 0 Å². The quantitative estimate of drug-likeness (QED) is 0.294. The summed E-state index contributed by atoms with van der Waals surface area (Å²) < 4.78 is 2.04. The van der Waals surface area contributed by atoms with Gasteiger partial charge in [-0.1, -0.05) is 23.2 Å². The number of hydrogen-bond donors (Lipinski definition) is 1. The second kappa shape index (κ2) is 6.38. The summed E-state index contributed by atoms with van der Waals surface area (Å²) in [5.41, 5.74) is 0.283. The van der Waals surface area contributed by atoms with Crippen LogP contribution in [-0.4, -0.2) is 9.91 Å². The fourth-order valence-electron chi connectivity index (χ4n) is 1.02. The van der Waals surface area contributed by atoms with Gasteiger partial charge in [-0.25, -0.2) is 0 Å². The summed E-state index contributed by atoms with van der Waals surface area (Å²) in [6.45, 7) is 0. The Morgan fingerprint density at radius 3 is 2.38 bits per heavy atom. The molecule has 0 atom stereocenters. The van der Waals surface area contributed by atoms with Crippen LogP contribution in [0.2, 0.25) is 10.2 Å². The van der Waals surface area contributed by atoms with Crippen molar-refractivity contribution < 1.29 is 4.92 Å². The van der Waals surface area contributed by atoms with E-state index < -0.39 is 4.92 Å². The number of H-pyrrole nitrogens is 1. The van der Waals surface area contributed by atoms with Crippen molar-refractivity contribution in [3.8, 4) is 0 Å². The van der Waals surface area contributed by atoms with Gasteiger partial charge < -0.3 is 4.98 Å². The zero-order valence-electron chi connectivity index (χ0n) is 7.36. The predicted molar refractivity (Wildman–Crippen MR) is 90.3 cm³/mol. The smallest absolute Gasteiger partial charge is 0.310 e. The second-order valence-corrected chi connectivity index (χ2v) is 8.96. The van der Waals surface area contributed by atoms with E-state index in [1.54, 1.807) is 0 Å². The van der Waals surface area contributed by atoms with Gasteiger partial charge in [-0.3, -0.25) is 10.1 Å². The Hall–Kier alpha value is 1.19. The fourth-order valence-corrected chi connectivity index (χ4v) is 2.22. The van der Waals surface area contributed by atoms with Gasteiger partial charge in [0.05, 0.1) is 6.51 Å². The molecule has 16 heavy (non-hydrogen) atoms. The standard InChI is InChI=1S/C7H3Cl2I3N2O2/c8-4-5(14(15)16)3(13-6(4)9)1-2(10)7(11)12/h13H,1H2. The summed E-state index contributed by atoms with van der Waals surface area (Å²) >= 11 is 17.9. The monoisotopic (exact) mass is 598 g/mol. The van der Waals surface area contributed by atoms with E-state index in [-0.39, 0.29) is 15.9 Å². The van der Waals surface area contributed by atoms with E-state index in [0.29, 0.717) is 12.1 Å². The SMILES string of the molecule is O=[N+]([O-])c1c(CC(I)=C(I)I)[nH]c(Cl)c1Cl. The van der Waals surface area contributed by atoms with Crippen molar-refractivity contribution in [2.75, 3.05) is 0 Å². The van der Waals surface area contributed by atoms with Crippen molar-refractivity contribution in [2.24, 2.45) is 0 Å². The third-order valence-electron chi connectivity index (χ3n) is 1.67. The van der Waals surface area contributed by atoms with E-state index in [1.807, 2.05) is 0 Å². The molecule has 0 aliphatic rings. The van der Waals surface area contributed by atoms with Gasteiger partial charge in [0.1, 0.15) is 10.8 Å². The minimum Gasteiger partial charge on any atom is -0.342 e. The Morgan fingerprint density at radius 2 is 1.94 bits per heavy atom. The lowest BCUT2D eigenvalue weighted by Gasteiger charge is -1.98. The molecular formula is C7H3Cl2I3N2O2. The largest absolute Gasteiger partial charge is 0.342 e. The first-order valence-electron chi connectivity index (χ1n) is 3.74. The van der Waals surface area contributed by atoms with Gasteiger partial charge in [0.2, 0.25) is 0 Å². The molecule has 0 amide bonds. The van der Waals surface area contributed by atoms with E-state index >= 15 is 0 Å². The number of nitro groups is 1. The first-order valence-corrected chi connectivity index (χ1v) is 7.73. The predicted octanol–water partition coefficient (Wildman–Crippen LogP) is 5.25. The highest BCUT2D eigenvalue weighted by molar-refractivity contribution is 14.2. The number of allylic oxidation sites excluding steroid dienone is 1. The zero-order chi connectivity index (χ0) is 12.5. The summed E-state index contributed by atoms with van der Waals surface area (Å²) in [4.78, 5) is 13.0. The molecule has 1 aromatic rings. The first kappa shape index (κ1) is 15.2. The molecule has 0 aromatic carbocycles. The highest BCUT2D eigenvalue weighted by atomic mass is 127. The molecule has 88 valence electrons. The number of aromatic amines is 1. The van der Waals surface area contributed by atoms with Crippen LogP contribution >= 0.6 is 91.0 Å². The summed E-state index contributed by atoms with van der Waals surface area (Å²) in [6.07, 6.45) is 0.421. The van der Waals surface area contributed by atoms with Crippen LogP contribution in [0.4, 0.5) is 5.69 Å². The summed E-state index contributed by atoms with van der Waals surface area (Å²) in [5.74, 6) is 0. The van der Waals surface area contributed by atoms with Gasteiger partial charge in [-0.2, -0.15) is 0 Å². The Kier molecular flexibility index (Phi) is 6.08. The lowest BCUT2D eigenvalue weighted by atomic mass is 10.3. The van der Waals surface area contributed by atoms with E-state index in [0.717, 1.165) is 5.17 Å². The van der Waals surface area contributed by atoms with Crippen molar-refractivity contribution in [2.45, 2.75) is 6.42 Å². The minimum absolute atomic E-state index is 0.0330. The van der Waals surface area contributed by atoms with Crippen LogP contribution in [0.1, 0.15) is 5.69 Å². The highest BCUT2D eigenvalue weighted by Gasteiger charge is 2.25. The molecule has 0 spiro atoms. The number of halogens is 5. The van der Waals surface area contributed by atoms with Gasteiger partial charge >= 0.3 is 5.69 Å². The average Bonchev–Trinajstić information content (AvgIpc) is 2.42. The van der Waals surface area contributed by atoms with Crippen LogP contribution in [0, 0.1) is 10.1 Å². The van der Waals surface area contributed by atoms with Gasteiger partial charge in [0, 0.05) is 10.0 Å². The van der Waals surface area contributed by atoms with Gasteiger partial charge in [0.25, 0.3) is 0 Å². The summed E-state index contributed by atoms with van der Waals surface area (Å²) in [6, 6.07) is 0. The lowest BCUT2D eigenvalue weighted by molar-refractivity contribution is -0.385. The zero-order valence-corrected chi connectivity index (χ0v) is 15.3. The Balaban J connectivity index is 3.20. The van der Waals surface area contributed by atoms with Gasteiger partial charge in [-0.05, 0) is 67.8 Å². The molecule has 0 saturated carbocycles. The molecule has 0 unspecified atom stereocenters. The molecule has 1 heterocycles. The molecule has 4 nitrogen and oxygen atoms in total. The maximum Gasteiger partial charge on any atom is 0.310 e. The van der Waals surface area contributed by atoms with Gasteiger partial charge in [0.15, 0.2) is 5.02 Å². The number of rotatable bonds is 3. The Labute approximate surface area is 142 Å². The number of hydrogen-bond acceptors (Lipinski definition) is 2. The van der Waals surface area contributed by atoms with Crippen LogP contribution in [0.5, 0.6) is 0 Å². The highest BCUT2D eigenvalue weighted by Crippen LogP contribution is 2.38. The van der Waals surface area contributed by atoms with Crippen molar-refractivity contribution in [1.82, 2.24) is 4.98 Å². The normalized spacial score (nSPS) is 10.3. The molecule has 0 radical (unpaired) electrons.